The second kappa shape index (κ2) is 5.44. The summed E-state index contributed by atoms with van der Waals surface area (Å²) in [5.41, 5.74) is -1.97. The fourth-order valence-corrected chi connectivity index (χ4v) is 2.45. The first kappa shape index (κ1) is 16.7. The van der Waals surface area contributed by atoms with Crippen LogP contribution in [0.25, 0.3) is 11.1 Å². The van der Waals surface area contributed by atoms with E-state index >= 15 is 0 Å². The first-order valence-electron chi connectivity index (χ1n) is 6.28. The van der Waals surface area contributed by atoms with E-state index in [0.717, 1.165) is 12.1 Å². The number of nitrogens with one attached hydrogen (secondary N) is 1. The number of ether oxygens (including phenoxy) is 1. The maximum Gasteiger partial charge on any atom is 0.415 e. The van der Waals surface area contributed by atoms with Gasteiger partial charge in [0.05, 0.1) is 16.3 Å². The van der Waals surface area contributed by atoms with Gasteiger partial charge in [-0.05, 0) is 6.07 Å². The SMILES string of the molecule is Fc1c(F)c(F)c(-c2cc3c(cc2Cl)OC(F)(F)CN3)c(F)c1F. The van der Waals surface area contributed by atoms with Crippen LogP contribution in [0.4, 0.5) is 36.4 Å². The van der Waals surface area contributed by atoms with Gasteiger partial charge in [-0.2, -0.15) is 8.78 Å². The summed E-state index contributed by atoms with van der Waals surface area (Å²) in [4.78, 5) is 0. The lowest BCUT2D eigenvalue weighted by atomic mass is 10.0. The fraction of sp³-hybridized carbons (Fsp3) is 0.143. The van der Waals surface area contributed by atoms with E-state index in [1.165, 1.54) is 0 Å². The first-order chi connectivity index (χ1) is 11.1. The largest absolute Gasteiger partial charge is 0.429 e. The van der Waals surface area contributed by atoms with E-state index in [0.29, 0.717) is 0 Å². The highest BCUT2D eigenvalue weighted by Crippen LogP contribution is 2.43. The molecular weight excluding hydrogens is 367 g/mol. The van der Waals surface area contributed by atoms with E-state index in [4.69, 9.17) is 11.6 Å². The third-order valence-corrected chi connectivity index (χ3v) is 3.61. The lowest BCUT2D eigenvalue weighted by molar-refractivity contribution is -0.166. The zero-order valence-corrected chi connectivity index (χ0v) is 12.0. The summed E-state index contributed by atoms with van der Waals surface area (Å²) >= 11 is 5.75. The smallest absolute Gasteiger partial charge is 0.415 e. The van der Waals surface area contributed by atoms with Gasteiger partial charge in [0.2, 0.25) is 5.82 Å². The Bertz CT molecular complexity index is 827. The quantitative estimate of drug-likeness (QED) is 0.428. The third-order valence-electron chi connectivity index (χ3n) is 3.29. The molecule has 0 spiro atoms. The number of halogens is 8. The highest BCUT2D eigenvalue weighted by atomic mass is 35.5. The lowest BCUT2D eigenvalue weighted by Gasteiger charge is -2.27. The average molecular weight is 372 g/mol. The highest BCUT2D eigenvalue weighted by Gasteiger charge is 2.37. The molecule has 1 N–H and O–H groups in total. The lowest BCUT2D eigenvalue weighted by Crippen LogP contribution is -2.37. The zero-order chi connectivity index (χ0) is 17.8. The number of hydrogen-bond acceptors (Lipinski definition) is 2. The van der Waals surface area contributed by atoms with Crippen LogP contribution in [-0.2, 0) is 0 Å². The predicted octanol–water partition coefficient (Wildman–Crippen LogP) is 5.10. The molecule has 2 aromatic rings. The number of benzene rings is 2. The Morgan fingerprint density at radius 1 is 0.917 bits per heavy atom. The highest BCUT2D eigenvalue weighted by molar-refractivity contribution is 6.33. The van der Waals surface area contributed by atoms with Crippen molar-refractivity contribution < 1.29 is 35.5 Å². The molecule has 0 bridgehead atoms. The molecule has 0 unspecified atom stereocenters. The first-order valence-corrected chi connectivity index (χ1v) is 6.66. The van der Waals surface area contributed by atoms with Crippen LogP contribution in [0.15, 0.2) is 12.1 Å². The normalized spacial score (nSPS) is 15.5. The molecule has 0 atom stereocenters. The third kappa shape index (κ3) is 2.52. The van der Waals surface area contributed by atoms with Crippen molar-refractivity contribution in [2.24, 2.45) is 0 Å². The van der Waals surface area contributed by atoms with Crippen molar-refractivity contribution in [2.75, 3.05) is 11.9 Å². The number of rotatable bonds is 1. The molecule has 0 aromatic heterocycles. The molecule has 1 aliphatic heterocycles. The van der Waals surface area contributed by atoms with Crippen molar-refractivity contribution in [1.29, 1.82) is 0 Å². The van der Waals surface area contributed by atoms with Gasteiger partial charge in [0.1, 0.15) is 6.54 Å². The molecule has 2 nitrogen and oxygen atoms in total. The Morgan fingerprint density at radius 2 is 1.46 bits per heavy atom. The van der Waals surface area contributed by atoms with Gasteiger partial charge in [-0.1, -0.05) is 11.6 Å². The second-order valence-corrected chi connectivity index (χ2v) is 5.27. The van der Waals surface area contributed by atoms with Crippen molar-refractivity contribution in [3.8, 4) is 16.9 Å². The van der Waals surface area contributed by atoms with Crippen molar-refractivity contribution in [2.45, 2.75) is 6.11 Å². The fourth-order valence-electron chi connectivity index (χ4n) is 2.21. The van der Waals surface area contributed by atoms with E-state index in [-0.39, 0.29) is 5.69 Å². The van der Waals surface area contributed by atoms with Crippen LogP contribution < -0.4 is 10.1 Å². The maximum absolute atomic E-state index is 13.9. The van der Waals surface area contributed by atoms with E-state index in [2.05, 4.69) is 10.1 Å². The average Bonchev–Trinajstić information content (AvgIpc) is 2.51. The molecule has 0 saturated heterocycles. The number of anilines is 1. The monoisotopic (exact) mass is 371 g/mol. The zero-order valence-electron chi connectivity index (χ0n) is 11.3. The maximum atomic E-state index is 13.9. The molecule has 0 saturated carbocycles. The summed E-state index contributed by atoms with van der Waals surface area (Å²) in [7, 11) is 0. The summed E-state index contributed by atoms with van der Waals surface area (Å²) in [5, 5.41) is 1.70. The van der Waals surface area contributed by atoms with Gasteiger partial charge in [0.25, 0.3) is 0 Å². The van der Waals surface area contributed by atoms with Crippen molar-refractivity contribution in [1.82, 2.24) is 0 Å². The molecule has 0 aliphatic carbocycles. The van der Waals surface area contributed by atoms with Gasteiger partial charge in [-0.15, -0.1) is 0 Å². The molecule has 0 amide bonds. The molecule has 0 fully saturated rings. The molecular formula is C14H5ClF7NO. The number of fused-ring (bicyclic) bond motifs is 1. The summed E-state index contributed by atoms with van der Waals surface area (Å²) in [5.74, 6) is -11.2. The standard InChI is InChI=1S/C14H5ClF7NO/c15-5-2-7-6(23-3-14(21,22)24-7)1-4(5)8-9(16)11(18)13(20)12(19)10(8)17/h1-2,23H,3H2. The minimum Gasteiger partial charge on any atom is -0.429 e. The molecule has 24 heavy (non-hydrogen) atoms. The predicted molar refractivity (Wildman–Crippen MR) is 70.7 cm³/mol. The summed E-state index contributed by atoms with van der Waals surface area (Å²) < 4.78 is 98.1. The van der Waals surface area contributed by atoms with Gasteiger partial charge in [-0.25, -0.2) is 22.0 Å². The Kier molecular flexibility index (Phi) is 3.78. The minimum absolute atomic E-state index is 0.135. The van der Waals surface area contributed by atoms with E-state index in [1.54, 1.807) is 0 Å². The topological polar surface area (TPSA) is 21.3 Å². The summed E-state index contributed by atoms with van der Waals surface area (Å²) in [6, 6.07) is 1.66. The number of alkyl halides is 2. The van der Waals surface area contributed by atoms with Crippen LogP contribution >= 0.6 is 11.6 Å². The van der Waals surface area contributed by atoms with Crippen LogP contribution in [0.1, 0.15) is 0 Å². The summed E-state index contributed by atoms with van der Waals surface area (Å²) in [6.45, 7) is -0.946. The second-order valence-electron chi connectivity index (χ2n) is 4.87. The van der Waals surface area contributed by atoms with Crippen LogP contribution in [0.2, 0.25) is 5.02 Å². The molecule has 10 heteroatoms. The van der Waals surface area contributed by atoms with Crippen LogP contribution in [0.5, 0.6) is 5.75 Å². The van der Waals surface area contributed by atoms with Crippen LogP contribution in [0.3, 0.4) is 0 Å². The molecule has 2 aromatic carbocycles. The van der Waals surface area contributed by atoms with E-state index in [1.807, 2.05) is 0 Å². The van der Waals surface area contributed by atoms with Gasteiger partial charge in [0.15, 0.2) is 29.0 Å². The summed E-state index contributed by atoms with van der Waals surface area (Å²) in [6.07, 6.45) is -3.54. The van der Waals surface area contributed by atoms with Gasteiger partial charge in [0, 0.05) is 11.6 Å². The Hall–Kier alpha value is -2.16. The Morgan fingerprint density at radius 3 is 2.04 bits per heavy atom. The van der Waals surface area contributed by atoms with Crippen molar-refractivity contribution in [3.63, 3.8) is 0 Å². The molecule has 128 valence electrons. The minimum atomic E-state index is -3.54. The number of hydrogen-bond donors (Lipinski definition) is 1. The Labute approximate surface area is 134 Å². The molecule has 0 radical (unpaired) electrons. The van der Waals surface area contributed by atoms with Gasteiger partial charge < -0.3 is 10.1 Å². The van der Waals surface area contributed by atoms with Gasteiger partial charge >= 0.3 is 6.11 Å². The molecule has 3 rings (SSSR count). The van der Waals surface area contributed by atoms with Crippen molar-refractivity contribution in [3.05, 3.63) is 46.2 Å². The van der Waals surface area contributed by atoms with Crippen LogP contribution in [-0.4, -0.2) is 12.7 Å². The van der Waals surface area contributed by atoms with Crippen molar-refractivity contribution >= 4 is 17.3 Å². The van der Waals surface area contributed by atoms with Gasteiger partial charge in [-0.3, -0.25) is 0 Å². The Balaban J connectivity index is 2.23. The van der Waals surface area contributed by atoms with E-state index < -0.39 is 63.6 Å². The molecule has 1 heterocycles. The van der Waals surface area contributed by atoms with Crippen LogP contribution in [0, 0.1) is 29.1 Å². The molecule has 1 aliphatic rings. The van der Waals surface area contributed by atoms with E-state index in [9.17, 15) is 30.7 Å².